The summed E-state index contributed by atoms with van der Waals surface area (Å²) >= 11 is 5.09. The molecule has 0 spiro atoms. The first-order valence-electron chi connectivity index (χ1n) is 19.9. The van der Waals surface area contributed by atoms with Gasteiger partial charge in [0.05, 0.1) is 84.5 Å². The summed E-state index contributed by atoms with van der Waals surface area (Å²) < 4.78 is 31.7. The smallest absolute Gasteiger partial charge is 0.222 e. The first-order valence-corrected chi connectivity index (χ1v) is 22.4. The van der Waals surface area contributed by atoms with Gasteiger partial charge in [-0.3, -0.25) is 13.9 Å². The van der Waals surface area contributed by atoms with Gasteiger partial charge in [-0.1, -0.05) is 45.9 Å². The Balaban J connectivity index is 1.36. The summed E-state index contributed by atoms with van der Waals surface area (Å²) in [6.45, 7) is 14.9. The van der Waals surface area contributed by atoms with Gasteiger partial charge in [0.25, 0.3) is 0 Å². The number of hydrogen-bond donors (Lipinski definition) is 2. The van der Waals surface area contributed by atoms with Crippen LogP contribution in [-0.4, -0.2) is 134 Å². The van der Waals surface area contributed by atoms with Crippen LogP contribution in [0.4, 0.5) is 11.4 Å². The highest BCUT2D eigenvalue weighted by molar-refractivity contribution is 7.05. The summed E-state index contributed by atoms with van der Waals surface area (Å²) in [6.07, 6.45) is 3.60. The van der Waals surface area contributed by atoms with Crippen LogP contribution in [0.1, 0.15) is 58.1 Å². The summed E-state index contributed by atoms with van der Waals surface area (Å²) in [5, 5.41) is 8.74. The quantitative estimate of drug-likeness (QED) is 0.0932. The molecular formula is C42H67ClN4O8Si. The lowest BCUT2D eigenvalue weighted by molar-refractivity contribution is -0.122. The molecular weight excluding hydrogens is 752 g/mol. The third-order valence-corrected chi connectivity index (χ3v) is 16.5. The van der Waals surface area contributed by atoms with E-state index in [1.54, 1.807) is 0 Å². The first kappa shape index (κ1) is 47.4. The Kier molecular flexibility index (Phi) is 21.5. The van der Waals surface area contributed by atoms with Crippen molar-refractivity contribution in [2.24, 2.45) is 0 Å². The van der Waals surface area contributed by atoms with Crippen LogP contribution in [0.3, 0.4) is 0 Å². The van der Waals surface area contributed by atoms with Crippen molar-refractivity contribution in [3.63, 3.8) is 0 Å². The minimum absolute atomic E-state index is 0.0113. The van der Waals surface area contributed by atoms with Gasteiger partial charge >= 0.3 is 0 Å². The Morgan fingerprint density at radius 1 is 0.625 bits per heavy atom. The SMILES string of the molecule is CC(C)[Si]1(C(C)C)c2cc(N(C)C)ccc2C(=CCCC(=O)NCCOCCOCCOCCOCCC(=O)NCCOCCOCl)c2ccc(N(C)C)cc21. The lowest BCUT2D eigenvalue weighted by atomic mass is 9.94. The van der Waals surface area contributed by atoms with E-state index in [-0.39, 0.29) is 18.2 Å². The molecule has 0 aromatic heterocycles. The summed E-state index contributed by atoms with van der Waals surface area (Å²) in [7, 11) is 6.23. The summed E-state index contributed by atoms with van der Waals surface area (Å²) in [5.41, 5.74) is 7.31. The van der Waals surface area contributed by atoms with Crippen molar-refractivity contribution in [2.75, 3.05) is 124 Å². The van der Waals surface area contributed by atoms with Crippen molar-refractivity contribution in [2.45, 2.75) is 58.0 Å². The van der Waals surface area contributed by atoms with Crippen molar-refractivity contribution in [1.82, 2.24) is 10.6 Å². The van der Waals surface area contributed by atoms with E-state index in [2.05, 4.69) is 123 Å². The number of allylic oxidation sites excluding steroid dienone is 1. The van der Waals surface area contributed by atoms with Crippen LogP contribution in [0.25, 0.3) is 5.57 Å². The molecule has 1 aliphatic heterocycles. The molecule has 1 heterocycles. The zero-order valence-electron chi connectivity index (χ0n) is 35.0. The Morgan fingerprint density at radius 2 is 1.04 bits per heavy atom. The highest BCUT2D eigenvalue weighted by Crippen LogP contribution is 2.42. The Labute approximate surface area is 341 Å². The second-order valence-electron chi connectivity index (χ2n) is 14.9. The van der Waals surface area contributed by atoms with E-state index in [4.69, 9.17) is 35.6 Å². The lowest BCUT2D eigenvalue weighted by Crippen LogP contribution is -2.66. The minimum Gasteiger partial charge on any atom is -0.379 e. The van der Waals surface area contributed by atoms with Gasteiger partial charge in [0, 0.05) is 65.5 Å². The summed E-state index contributed by atoms with van der Waals surface area (Å²) in [5.74, 6) is -0.0850. The molecule has 314 valence electrons. The molecule has 2 aromatic carbocycles. The first-order chi connectivity index (χ1) is 26.9. The molecule has 14 heteroatoms. The normalized spacial score (nSPS) is 13.1. The van der Waals surface area contributed by atoms with Crippen LogP contribution in [-0.2, 0) is 37.6 Å². The topological polar surface area (TPSA) is 120 Å². The number of amides is 2. The molecule has 0 aliphatic carbocycles. The predicted molar refractivity (Wildman–Crippen MR) is 230 cm³/mol. The Morgan fingerprint density at radius 3 is 1.46 bits per heavy atom. The number of nitrogens with zero attached hydrogens (tertiary/aromatic N) is 2. The fourth-order valence-electron chi connectivity index (χ4n) is 7.36. The van der Waals surface area contributed by atoms with Crippen LogP contribution >= 0.6 is 11.9 Å². The number of benzene rings is 2. The van der Waals surface area contributed by atoms with Crippen molar-refractivity contribution in [3.05, 3.63) is 53.6 Å². The molecule has 56 heavy (non-hydrogen) atoms. The average molecular weight is 820 g/mol. The fourth-order valence-corrected chi connectivity index (χ4v) is 13.6. The van der Waals surface area contributed by atoms with Gasteiger partial charge in [0.2, 0.25) is 11.8 Å². The van der Waals surface area contributed by atoms with Crippen molar-refractivity contribution in [3.8, 4) is 0 Å². The van der Waals surface area contributed by atoms with Crippen molar-refractivity contribution in [1.29, 1.82) is 0 Å². The number of carbonyl (C=O) groups is 2. The van der Waals surface area contributed by atoms with Crippen LogP contribution in [0.2, 0.25) is 11.1 Å². The predicted octanol–water partition coefficient (Wildman–Crippen LogP) is 4.60. The molecule has 0 unspecified atom stereocenters. The molecule has 0 saturated carbocycles. The van der Waals surface area contributed by atoms with E-state index >= 15 is 0 Å². The highest BCUT2D eigenvalue weighted by Gasteiger charge is 2.49. The fraction of sp³-hybridized carbons (Fsp3) is 0.619. The Bertz CT molecular complexity index is 1450. The molecule has 1 aliphatic rings. The highest BCUT2D eigenvalue weighted by atomic mass is 35.5. The largest absolute Gasteiger partial charge is 0.379 e. The van der Waals surface area contributed by atoms with Crippen LogP contribution < -0.4 is 30.8 Å². The number of carbonyl (C=O) groups excluding carboxylic acids is 2. The number of halogens is 1. The maximum Gasteiger partial charge on any atom is 0.222 e. The zero-order chi connectivity index (χ0) is 40.9. The molecule has 0 saturated heterocycles. The van der Waals surface area contributed by atoms with Crippen molar-refractivity contribution < 1.29 is 37.6 Å². The molecule has 0 fully saturated rings. The van der Waals surface area contributed by atoms with Crippen molar-refractivity contribution >= 4 is 59.1 Å². The van der Waals surface area contributed by atoms with Gasteiger partial charge in [-0.15, -0.1) is 0 Å². The number of nitrogens with one attached hydrogen (secondary N) is 2. The van der Waals surface area contributed by atoms with E-state index in [1.165, 1.54) is 38.4 Å². The van der Waals surface area contributed by atoms with E-state index in [1.807, 2.05) is 0 Å². The van der Waals surface area contributed by atoms with Gasteiger partial charge < -0.3 is 44.1 Å². The van der Waals surface area contributed by atoms with Gasteiger partial charge in [-0.05, 0) is 68.8 Å². The molecule has 2 amide bonds. The van der Waals surface area contributed by atoms with Crippen LogP contribution in [0, 0.1) is 0 Å². The molecule has 2 aromatic rings. The number of anilines is 2. The molecule has 0 atom stereocenters. The number of fused-ring (bicyclic) bond motifs is 2. The molecule has 0 bridgehead atoms. The summed E-state index contributed by atoms with van der Waals surface area (Å²) in [4.78, 5) is 29.0. The number of ether oxygens (including phenoxy) is 5. The van der Waals surface area contributed by atoms with Crippen LogP contribution in [0.5, 0.6) is 0 Å². The molecule has 12 nitrogen and oxygen atoms in total. The van der Waals surface area contributed by atoms with Gasteiger partial charge in [0.1, 0.15) is 8.07 Å². The van der Waals surface area contributed by atoms with E-state index in [0.717, 1.165) is 0 Å². The maximum absolute atomic E-state index is 12.8. The van der Waals surface area contributed by atoms with E-state index in [9.17, 15) is 9.59 Å². The second-order valence-corrected chi connectivity index (χ2v) is 20.3. The maximum atomic E-state index is 12.8. The van der Waals surface area contributed by atoms with Gasteiger partial charge in [-0.2, -0.15) is 0 Å². The zero-order valence-corrected chi connectivity index (χ0v) is 36.8. The van der Waals surface area contributed by atoms with Crippen LogP contribution in [0.15, 0.2) is 42.5 Å². The van der Waals surface area contributed by atoms with Gasteiger partial charge in [0.15, 0.2) is 0 Å². The standard InChI is InChI=1S/C42H67ClN4O8Si/c1-32(2)56(33(3)4)39-30-34(46(5)6)12-14-37(39)36(38-15-13-35(47(7)8)31-40(38)56)10-9-11-41(48)44-17-20-51-23-25-54-27-26-53-24-22-50-19-16-42(49)45-18-21-52-28-29-55-43/h10,12-15,30-33H,9,11,16-29H2,1-8H3,(H,44,48)(H,45,49). The van der Waals surface area contributed by atoms with E-state index in [0.29, 0.717) is 110 Å². The molecule has 2 N–H and O–H groups in total. The number of hydrogen-bond acceptors (Lipinski definition) is 10. The third-order valence-electron chi connectivity index (χ3n) is 10.1. The second kappa shape index (κ2) is 25.4. The lowest BCUT2D eigenvalue weighted by Gasteiger charge is -2.47. The number of rotatable bonds is 28. The van der Waals surface area contributed by atoms with E-state index < -0.39 is 8.07 Å². The van der Waals surface area contributed by atoms with Gasteiger partial charge in [-0.25, -0.2) is 0 Å². The third kappa shape index (κ3) is 14.1. The minimum atomic E-state index is -2.22. The Hall–Kier alpha value is -3.01. The molecule has 3 rings (SSSR count). The summed E-state index contributed by atoms with van der Waals surface area (Å²) in [6, 6.07) is 14.0. The molecule has 0 radical (unpaired) electrons. The monoisotopic (exact) mass is 818 g/mol. The average Bonchev–Trinajstić information content (AvgIpc) is 3.16.